The van der Waals surface area contributed by atoms with Crippen molar-refractivity contribution in [3.8, 4) is 6.07 Å². The summed E-state index contributed by atoms with van der Waals surface area (Å²) < 4.78 is 0. The largest absolute Gasteiger partial charge is 0.310 e. The number of para-hydroxylation sites is 1. The van der Waals surface area contributed by atoms with Gasteiger partial charge in [0.15, 0.2) is 0 Å². The number of anilines is 1. The smallest absolute Gasteiger partial charge is 0.258 e. The van der Waals surface area contributed by atoms with Crippen molar-refractivity contribution in [1.82, 2.24) is 0 Å². The van der Waals surface area contributed by atoms with E-state index in [-0.39, 0.29) is 5.91 Å². The standard InChI is InChI=1S/C15H12N2O/c1-17(14-10-6-5-9-13(14)11-16)15(18)12-7-3-2-4-8-12/h2-10H,1H3. The first-order valence-electron chi connectivity index (χ1n) is 5.56. The van der Waals surface area contributed by atoms with E-state index in [1.165, 1.54) is 4.90 Å². The number of benzene rings is 2. The first-order chi connectivity index (χ1) is 8.74. The maximum absolute atomic E-state index is 12.2. The zero-order valence-electron chi connectivity index (χ0n) is 10.00. The fourth-order valence-electron chi connectivity index (χ4n) is 1.74. The highest BCUT2D eigenvalue weighted by Gasteiger charge is 2.15. The lowest BCUT2D eigenvalue weighted by Crippen LogP contribution is -2.26. The van der Waals surface area contributed by atoms with Gasteiger partial charge in [-0.05, 0) is 24.3 Å². The van der Waals surface area contributed by atoms with E-state index >= 15 is 0 Å². The second-order valence-electron chi connectivity index (χ2n) is 3.86. The van der Waals surface area contributed by atoms with Crippen molar-refractivity contribution in [3.63, 3.8) is 0 Å². The molecule has 3 nitrogen and oxygen atoms in total. The third kappa shape index (κ3) is 2.23. The molecule has 3 heteroatoms. The van der Waals surface area contributed by atoms with E-state index in [1.54, 1.807) is 37.4 Å². The lowest BCUT2D eigenvalue weighted by atomic mass is 10.1. The second kappa shape index (κ2) is 5.15. The fraction of sp³-hybridized carbons (Fsp3) is 0.0667. The van der Waals surface area contributed by atoms with Crippen molar-refractivity contribution >= 4 is 11.6 Å². The highest BCUT2D eigenvalue weighted by Crippen LogP contribution is 2.20. The zero-order valence-corrected chi connectivity index (χ0v) is 10.00. The molecule has 0 aromatic heterocycles. The average molecular weight is 236 g/mol. The molecule has 0 unspecified atom stereocenters. The van der Waals surface area contributed by atoms with Gasteiger partial charge in [-0.1, -0.05) is 30.3 Å². The Morgan fingerprint density at radius 3 is 2.33 bits per heavy atom. The van der Waals surface area contributed by atoms with Crippen molar-refractivity contribution < 1.29 is 4.79 Å². The molecule has 2 aromatic carbocycles. The number of nitriles is 1. The van der Waals surface area contributed by atoms with E-state index in [4.69, 9.17) is 5.26 Å². The van der Waals surface area contributed by atoms with Crippen LogP contribution in [0.2, 0.25) is 0 Å². The zero-order chi connectivity index (χ0) is 13.0. The first kappa shape index (κ1) is 11.9. The Kier molecular flexibility index (Phi) is 3.40. The van der Waals surface area contributed by atoms with Gasteiger partial charge in [-0.25, -0.2) is 0 Å². The van der Waals surface area contributed by atoms with Crippen molar-refractivity contribution in [2.24, 2.45) is 0 Å². The molecule has 2 aromatic rings. The Bertz CT molecular complexity index is 599. The molecule has 0 aliphatic carbocycles. The fourth-order valence-corrected chi connectivity index (χ4v) is 1.74. The van der Waals surface area contributed by atoms with Crippen LogP contribution in [0.25, 0.3) is 0 Å². The van der Waals surface area contributed by atoms with Gasteiger partial charge < -0.3 is 4.90 Å². The molecule has 0 aliphatic heterocycles. The summed E-state index contributed by atoms with van der Waals surface area (Å²) in [6, 6.07) is 18.2. The van der Waals surface area contributed by atoms with Crippen LogP contribution < -0.4 is 4.90 Å². The third-order valence-electron chi connectivity index (χ3n) is 2.71. The van der Waals surface area contributed by atoms with Crippen LogP contribution in [0.5, 0.6) is 0 Å². The number of rotatable bonds is 2. The summed E-state index contributed by atoms with van der Waals surface area (Å²) in [6.07, 6.45) is 0. The maximum atomic E-state index is 12.2. The van der Waals surface area contributed by atoms with E-state index in [0.29, 0.717) is 16.8 Å². The Hall–Kier alpha value is -2.60. The Morgan fingerprint density at radius 2 is 1.67 bits per heavy atom. The number of carbonyl (C=O) groups is 1. The molecule has 0 heterocycles. The third-order valence-corrected chi connectivity index (χ3v) is 2.71. The summed E-state index contributed by atoms with van der Waals surface area (Å²) in [4.78, 5) is 13.7. The molecule has 0 N–H and O–H groups in total. The number of hydrogen-bond acceptors (Lipinski definition) is 2. The monoisotopic (exact) mass is 236 g/mol. The molecule has 0 atom stereocenters. The normalized spacial score (nSPS) is 9.56. The minimum Gasteiger partial charge on any atom is -0.310 e. The summed E-state index contributed by atoms with van der Waals surface area (Å²) in [5, 5.41) is 9.03. The van der Waals surface area contributed by atoms with Gasteiger partial charge in [0.25, 0.3) is 5.91 Å². The van der Waals surface area contributed by atoms with Crippen molar-refractivity contribution in [2.45, 2.75) is 0 Å². The van der Waals surface area contributed by atoms with Crippen LogP contribution in [0.15, 0.2) is 54.6 Å². The minimum atomic E-state index is -0.127. The number of carbonyl (C=O) groups excluding carboxylic acids is 1. The second-order valence-corrected chi connectivity index (χ2v) is 3.86. The van der Waals surface area contributed by atoms with Crippen LogP contribution in [-0.2, 0) is 0 Å². The van der Waals surface area contributed by atoms with Gasteiger partial charge in [0.1, 0.15) is 6.07 Å². The van der Waals surface area contributed by atoms with Crippen LogP contribution >= 0.6 is 0 Å². The van der Waals surface area contributed by atoms with Crippen LogP contribution in [-0.4, -0.2) is 13.0 Å². The van der Waals surface area contributed by atoms with Gasteiger partial charge in [-0.2, -0.15) is 5.26 Å². The average Bonchev–Trinajstić information content (AvgIpc) is 2.46. The molecule has 0 fully saturated rings. The van der Waals surface area contributed by atoms with Gasteiger partial charge in [-0.3, -0.25) is 4.79 Å². The molecular weight excluding hydrogens is 224 g/mol. The van der Waals surface area contributed by atoms with Gasteiger partial charge in [0.2, 0.25) is 0 Å². The molecule has 18 heavy (non-hydrogen) atoms. The predicted molar refractivity (Wildman–Crippen MR) is 70.3 cm³/mol. The minimum absolute atomic E-state index is 0.127. The summed E-state index contributed by atoms with van der Waals surface area (Å²) in [5.74, 6) is -0.127. The molecule has 1 amide bonds. The summed E-state index contributed by atoms with van der Waals surface area (Å²) >= 11 is 0. The molecule has 0 bridgehead atoms. The van der Waals surface area contributed by atoms with Crippen molar-refractivity contribution in [2.75, 3.05) is 11.9 Å². The summed E-state index contributed by atoms with van der Waals surface area (Å²) in [6.45, 7) is 0. The van der Waals surface area contributed by atoms with Gasteiger partial charge in [-0.15, -0.1) is 0 Å². The van der Waals surface area contributed by atoms with Crippen LogP contribution in [0, 0.1) is 11.3 Å². The molecule has 0 radical (unpaired) electrons. The van der Waals surface area contributed by atoms with Gasteiger partial charge in [0, 0.05) is 12.6 Å². The Labute approximate surface area is 106 Å². The quantitative estimate of drug-likeness (QED) is 0.804. The molecule has 0 saturated heterocycles. The SMILES string of the molecule is CN(C(=O)c1ccccc1)c1ccccc1C#N. The lowest BCUT2D eigenvalue weighted by molar-refractivity contribution is 0.0993. The summed E-state index contributed by atoms with van der Waals surface area (Å²) in [7, 11) is 1.67. The van der Waals surface area contributed by atoms with Gasteiger partial charge >= 0.3 is 0 Å². The van der Waals surface area contributed by atoms with E-state index in [0.717, 1.165) is 0 Å². The highest BCUT2D eigenvalue weighted by molar-refractivity contribution is 6.06. The lowest BCUT2D eigenvalue weighted by Gasteiger charge is -2.18. The van der Waals surface area contributed by atoms with Crippen molar-refractivity contribution in [1.29, 1.82) is 5.26 Å². The van der Waals surface area contributed by atoms with Gasteiger partial charge in [0.05, 0.1) is 11.3 Å². The van der Waals surface area contributed by atoms with E-state index < -0.39 is 0 Å². The van der Waals surface area contributed by atoms with Crippen LogP contribution in [0.1, 0.15) is 15.9 Å². The number of amides is 1. The Balaban J connectivity index is 2.35. The molecule has 2 rings (SSSR count). The molecule has 0 saturated carbocycles. The number of nitrogens with zero attached hydrogens (tertiary/aromatic N) is 2. The Morgan fingerprint density at radius 1 is 1.06 bits per heavy atom. The van der Waals surface area contributed by atoms with Crippen molar-refractivity contribution in [3.05, 3.63) is 65.7 Å². The molecule has 88 valence electrons. The van der Waals surface area contributed by atoms with Crippen LogP contribution in [0.4, 0.5) is 5.69 Å². The molecule has 0 spiro atoms. The van der Waals surface area contributed by atoms with E-state index in [1.807, 2.05) is 24.3 Å². The van der Waals surface area contributed by atoms with E-state index in [9.17, 15) is 4.79 Å². The number of hydrogen-bond donors (Lipinski definition) is 0. The van der Waals surface area contributed by atoms with Crippen LogP contribution in [0.3, 0.4) is 0 Å². The summed E-state index contributed by atoms with van der Waals surface area (Å²) in [5.41, 5.74) is 1.71. The predicted octanol–water partition coefficient (Wildman–Crippen LogP) is 2.83. The molecular formula is C15H12N2O. The first-order valence-corrected chi connectivity index (χ1v) is 5.56. The molecule has 0 aliphatic rings. The highest BCUT2D eigenvalue weighted by atomic mass is 16.2. The maximum Gasteiger partial charge on any atom is 0.258 e. The topological polar surface area (TPSA) is 44.1 Å². The van der Waals surface area contributed by atoms with E-state index in [2.05, 4.69) is 6.07 Å².